The van der Waals surface area contributed by atoms with Gasteiger partial charge in [-0.3, -0.25) is 9.59 Å². The minimum Gasteiger partial charge on any atom is -0.334 e. The molecule has 0 saturated heterocycles. The van der Waals surface area contributed by atoms with Crippen molar-refractivity contribution < 1.29 is 14.0 Å². The first-order chi connectivity index (χ1) is 14.9. The average Bonchev–Trinajstić information content (AvgIpc) is 2.74. The SMILES string of the molecule is C=CCNC(=O)Nc1ccc(NC(=O)c2nn(-c3ccccc3F)c(C)cc2=O)cc1. The minimum atomic E-state index is -0.737. The standard InChI is InChI=1S/C22H20FN5O3/c1-3-12-24-22(31)26-16-10-8-15(9-11-16)25-21(30)20-19(29)13-14(2)28(27-20)18-7-5-4-6-17(18)23/h3-11,13H,1,12H2,2H3,(H,25,30)(H2,24,26,31). The second-order valence-corrected chi connectivity index (χ2v) is 6.52. The Kier molecular flexibility index (Phi) is 6.56. The van der Waals surface area contributed by atoms with Gasteiger partial charge in [0.05, 0.1) is 0 Å². The van der Waals surface area contributed by atoms with Crippen molar-refractivity contribution in [2.75, 3.05) is 17.2 Å². The monoisotopic (exact) mass is 421 g/mol. The number of anilines is 2. The highest BCUT2D eigenvalue weighted by Crippen LogP contribution is 2.15. The first-order valence-electron chi connectivity index (χ1n) is 9.32. The largest absolute Gasteiger partial charge is 0.334 e. The number of nitrogens with zero attached hydrogens (tertiary/aromatic N) is 2. The van der Waals surface area contributed by atoms with E-state index in [4.69, 9.17) is 0 Å². The lowest BCUT2D eigenvalue weighted by molar-refractivity contribution is 0.101. The summed E-state index contributed by atoms with van der Waals surface area (Å²) in [5.74, 6) is -1.27. The van der Waals surface area contributed by atoms with Gasteiger partial charge in [-0.05, 0) is 43.3 Å². The molecule has 8 nitrogen and oxygen atoms in total. The summed E-state index contributed by atoms with van der Waals surface area (Å²) in [4.78, 5) is 36.6. The molecular weight excluding hydrogens is 401 g/mol. The quantitative estimate of drug-likeness (QED) is 0.532. The van der Waals surface area contributed by atoms with Crippen LogP contribution in [-0.2, 0) is 0 Å². The third-order valence-corrected chi connectivity index (χ3v) is 4.21. The van der Waals surface area contributed by atoms with Crippen molar-refractivity contribution in [2.24, 2.45) is 0 Å². The highest BCUT2D eigenvalue weighted by Gasteiger charge is 2.17. The summed E-state index contributed by atoms with van der Waals surface area (Å²) >= 11 is 0. The van der Waals surface area contributed by atoms with Crippen molar-refractivity contribution in [2.45, 2.75) is 6.92 Å². The van der Waals surface area contributed by atoms with E-state index in [1.807, 2.05) is 0 Å². The summed E-state index contributed by atoms with van der Waals surface area (Å²) in [6, 6.07) is 13.1. The zero-order valence-corrected chi connectivity index (χ0v) is 16.7. The van der Waals surface area contributed by atoms with Gasteiger partial charge in [0.1, 0.15) is 11.5 Å². The van der Waals surface area contributed by atoms with E-state index < -0.39 is 23.2 Å². The molecule has 0 fully saturated rings. The molecular formula is C22H20FN5O3. The van der Waals surface area contributed by atoms with E-state index >= 15 is 0 Å². The Balaban J connectivity index is 1.78. The van der Waals surface area contributed by atoms with E-state index in [9.17, 15) is 18.8 Å². The molecule has 3 N–H and O–H groups in total. The van der Waals surface area contributed by atoms with Crippen LogP contribution in [0.3, 0.4) is 0 Å². The number of carbonyl (C=O) groups excluding carboxylic acids is 2. The molecule has 158 valence electrons. The van der Waals surface area contributed by atoms with Crippen LogP contribution in [0.1, 0.15) is 16.2 Å². The fraction of sp³-hybridized carbons (Fsp3) is 0.0909. The number of rotatable bonds is 6. The number of hydrogen-bond acceptors (Lipinski definition) is 4. The van der Waals surface area contributed by atoms with Crippen LogP contribution in [0, 0.1) is 12.7 Å². The fourth-order valence-electron chi connectivity index (χ4n) is 2.74. The van der Waals surface area contributed by atoms with Gasteiger partial charge in [-0.2, -0.15) is 5.10 Å². The van der Waals surface area contributed by atoms with Crippen LogP contribution >= 0.6 is 0 Å². The molecule has 3 amide bonds. The van der Waals surface area contributed by atoms with E-state index in [1.54, 1.807) is 43.3 Å². The molecule has 0 unspecified atom stereocenters. The van der Waals surface area contributed by atoms with E-state index in [-0.39, 0.29) is 11.4 Å². The predicted octanol–water partition coefficient (Wildman–Crippen LogP) is 3.24. The van der Waals surface area contributed by atoms with Gasteiger partial charge in [0.2, 0.25) is 5.43 Å². The van der Waals surface area contributed by atoms with Crippen molar-refractivity contribution in [3.8, 4) is 5.69 Å². The maximum atomic E-state index is 14.2. The molecule has 0 bridgehead atoms. The lowest BCUT2D eigenvalue weighted by Crippen LogP contribution is -2.28. The lowest BCUT2D eigenvalue weighted by Gasteiger charge is -2.12. The van der Waals surface area contributed by atoms with Gasteiger partial charge in [-0.1, -0.05) is 18.2 Å². The molecule has 0 atom stereocenters. The molecule has 0 spiro atoms. The summed E-state index contributed by atoms with van der Waals surface area (Å²) < 4.78 is 15.4. The van der Waals surface area contributed by atoms with Crippen LogP contribution < -0.4 is 21.4 Å². The van der Waals surface area contributed by atoms with E-state index in [0.717, 1.165) is 0 Å². The molecule has 0 aliphatic carbocycles. The molecule has 1 heterocycles. The molecule has 31 heavy (non-hydrogen) atoms. The number of benzene rings is 2. The van der Waals surface area contributed by atoms with Crippen LogP contribution in [0.2, 0.25) is 0 Å². The second kappa shape index (κ2) is 9.49. The molecule has 9 heteroatoms. The topological polar surface area (TPSA) is 105 Å². The number of carbonyl (C=O) groups is 2. The smallest absolute Gasteiger partial charge is 0.319 e. The molecule has 0 aliphatic rings. The van der Waals surface area contributed by atoms with Gasteiger partial charge < -0.3 is 16.0 Å². The lowest BCUT2D eigenvalue weighted by atomic mass is 10.2. The predicted molar refractivity (Wildman–Crippen MR) is 116 cm³/mol. The maximum Gasteiger partial charge on any atom is 0.319 e. The summed E-state index contributed by atoms with van der Waals surface area (Å²) in [6.45, 7) is 5.44. The number of aromatic nitrogens is 2. The molecule has 3 rings (SSSR count). The Bertz CT molecular complexity index is 1190. The summed E-state index contributed by atoms with van der Waals surface area (Å²) in [7, 11) is 0. The first-order valence-corrected chi connectivity index (χ1v) is 9.32. The van der Waals surface area contributed by atoms with Gasteiger partial charge in [-0.15, -0.1) is 6.58 Å². The van der Waals surface area contributed by atoms with Gasteiger partial charge >= 0.3 is 6.03 Å². The van der Waals surface area contributed by atoms with Crippen LogP contribution in [0.15, 0.2) is 72.0 Å². The van der Waals surface area contributed by atoms with Crippen LogP contribution in [0.25, 0.3) is 5.69 Å². The van der Waals surface area contributed by atoms with Gasteiger partial charge in [0, 0.05) is 29.7 Å². The van der Waals surface area contributed by atoms with E-state index in [1.165, 1.54) is 28.9 Å². The fourth-order valence-corrected chi connectivity index (χ4v) is 2.74. The Morgan fingerprint density at radius 3 is 2.39 bits per heavy atom. The molecule has 0 saturated carbocycles. The van der Waals surface area contributed by atoms with Gasteiger partial charge in [0.25, 0.3) is 5.91 Å². The highest BCUT2D eigenvalue weighted by molar-refractivity contribution is 6.02. The van der Waals surface area contributed by atoms with Gasteiger partial charge in [-0.25, -0.2) is 13.9 Å². The van der Waals surface area contributed by atoms with Crippen molar-refractivity contribution in [1.29, 1.82) is 0 Å². The first kappa shape index (κ1) is 21.4. The Morgan fingerprint density at radius 2 is 1.74 bits per heavy atom. The number of nitrogens with one attached hydrogen (secondary N) is 3. The van der Waals surface area contributed by atoms with Crippen LogP contribution in [-0.4, -0.2) is 28.3 Å². The molecule has 1 aromatic heterocycles. The Morgan fingerprint density at radius 1 is 1.10 bits per heavy atom. The van der Waals surface area contributed by atoms with E-state index in [2.05, 4.69) is 27.6 Å². The second-order valence-electron chi connectivity index (χ2n) is 6.52. The summed E-state index contributed by atoms with van der Waals surface area (Å²) in [6.07, 6.45) is 1.55. The minimum absolute atomic E-state index is 0.124. The molecule has 3 aromatic rings. The Hall–Kier alpha value is -4.27. The van der Waals surface area contributed by atoms with Crippen molar-refractivity contribution in [1.82, 2.24) is 15.1 Å². The average molecular weight is 421 g/mol. The summed E-state index contributed by atoms with van der Waals surface area (Å²) in [5.41, 5.74) is 0.451. The third-order valence-electron chi connectivity index (χ3n) is 4.21. The number of halogens is 1. The van der Waals surface area contributed by atoms with Crippen molar-refractivity contribution >= 4 is 23.3 Å². The van der Waals surface area contributed by atoms with Crippen LogP contribution in [0.5, 0.6) is 0 Å². The van der Waals surface area contributed by atoms with Crippen molar-refractivity contribution in [3.05, 3.63) is 94.7 Å². The van der Waals surface area contributed by atoms with Crippen molar-refractivity contribution in [3.63, 3.8) is 0 Å². The zero-order valence-electron chi connectivity index (χ0n) is 16.7. The Labute approximate surface area is 177 Å². The number of para-hydroxylation sites is 1. The van der Waals surface area contributed by atoms with Gasteiger partial charge in [0.15, 0.2) is 5.69 Å². The molecule has 2 aromatic carbocycles. The summed E-state index contributed by atoms with van der Waals surface area (Å²) in [5, 5.41) is 11.8. The number of hydrogen-bond donors (Lipinski definition) is 3. The third kappa shape index (κ3) is 5.21. The normalized spacial score (nSPS) is 10.3. The number of urea groups is 1. The zero-order chi connectivity index (χ0) is 22.4. The van der Waals surface area contributed by atoms with Crippen LogP contribution in [0.4, 0.5) is 20.6 Å². The molecule has 0 radical (unpaired) electrons. The maximum absolute atomic E-state index is 14.2. The number of aryl methyl sites for hydroxylation is 1. The van der Waals surface area contributed by atoms with E-state index in [0.29, 0.717) is 23.6 Å². The molecule has 0 aliphatic heterocycles. The number of amides is 3. The highest BCUT2D eigenvalue weighted by atomic mass is 19.1.